The Morgan fingerprint density at radius 3 is 2.35 bits per heavy atom. The third kappa shape index (κ3) is 5.94. The molecule has 102 valence electrons. The van der Waals surface area contributed by atoms with Gasteiger partial charge >= 0.3 is 8.80 Å². The van der Waals surface area contributed by atoms with E-state index in [0.717, 1.165) is 19.1 Å². The minimum absolute atomic E-state index is 0.332. The van der Waals surface area contributed by atoms with Crippen LogP contribution >= 0.6 is 0 Å². The first-order valence-electron chi connectivity index (χ1n) is 6.28. The SMILES string of the molecule is CCO[Si](CCCOCC1CO1)(OC)OCC. The quantitative estimate of drug-likeness (QED) is 0.321. The first-order valence-corrected chi connectivity index (χ1v) is 8.22. The topological polar surface area (TPSA) is 49.5 Å². The summed E-state index contributed by atoms with van der Waals surface area (Å²) in [6.07, 6.45) is 1.23. The molecule has 1 atom stereocenters. The van der Waals surface area contributed by atoms with Crippen LogP contribution in [0.25, 0.3) is 0 Å². The van der Waals surface area contributed by atoms with Crippen molar-refractivity contribution in [3.05, 3.63) is 0 Å². The van der Waals surface area contributed by atoms with Gasteiger partial charge in [0.2, 0.25) is 0 Å². The summed E-state index contributed by atoms with van der Waals surface area (Å²) in [7, 11) is -0.779. The number of epoxide rings is 1. The second-order valence-corrected chi connectivity index (χ2v) is 6.74. The molecule has 0 aliphatic carbocycles. The zero-order valence-electron chi connectivity index (χ0n) is 11.1. The Balaban J connectivity index is 2.16. The monoisotopic (exact) mass is 264 g/mol. The Morgan fingerprint density at radius 2 is 1.88 bits per heavy atom. The number of hydrogen-bond acceptors (Lipinski definition) is 5. The van der Waals surface area contributed by atoms with Gasteiger partial charge in [-0.1, -0.05) is 0 Å². The Bertz CT molecular complexity index is 192. The van der Waals surface area contributed by atoms with Crippen LogP contribution in [0.1, 0.15) is 20.3 Å². The highest BCUT2D eigenvalue weighted by molar-refractivity contribution is 6.60. The third-order valence-corrected chi connectivity index (χ3v) is 5.56. The fraction of sp³-hybridized carbons (Fsp3) is 1.00. The lowest BCUT2D eigenvalue weighted by atomic mass is 10.5. The van der Waals surface area contributed by atoms with E-state index < -0.39 is 8.80 Å². The van der Waals surface area contributed by atoms with E-state index in [-0.39, 0.29) is 0 Å². The second kappa shape index (κ2) is 8.18. The minimum Gasteiger partial charge on any atom is -0.379 e. The smallest absolute Gasteiger partial charge is 0.379 e. The lowest BCUT2D eigenvalue weighted by molar-refractivity contribution is 0.0776. The van der Waals surface area contributed by atoms with Gasteiger partial charge in [0.05, 0.1) is 13.2 Å². The van der Waals surface area contributed by atoms with E-state index in [1.54, 1.807) is 7.11 Å². The molecule has 1 heterocycles. The molecule has 6 heteroatoms. The largest absolute Gasteiger partial charge is 0.500 e. The Kier molecular flexibility index (Phi) is 7.25. The van der Waals surface area contributed by atoms with Gasteiger partial charge in [-0.3, -0.25) is 0 Å². The third-order valence-electron chi connectivity index (χ3n) is 2.52. The molecule has 0 aromatic rings. The molecule has 0 saturated carbocycles. The maximum atomic E-state index is 5.67. The molecule has 17 heavy (non-hydrogen) atoms. The molecule has 1 rings (SSSR count). The van der Waals surface area contributed by atoms with Crippen LogP contribution < -0.4 is 0 Å². The zero-order chi connectivity index (χ0) is 12.6. The van der Waals surface area contributed by atoms with Crippen LogP contribution in [-0.4, -0.2) is 55.1 Å². The molecule has 0 spiro atoms. The van der Waals surface area contributed by atoms with Crippen molar-refractivity contribution in [3.63, 3.8) is 0 Å². The molecule has 0 N–H and O–H groups in total. The van der Waals surface area contributed by atoms with Gasteiger partial charge < -0.3 is 22.8 Å². The normalized spacial score (nSPS) is 19.6. The van der Waals surface area contributed by atoms with Gasteiger partial charge in [-0.2, -0.15) is 0 Å². The van der Waals surface area contributed by atoms with E-state index in [0.29, 0.717) is 32.5 Å². The van der Waals surface area contributed by atoms with Crippen LogP contribution in [0.15, 0.2) is 0 Å². The summed E-state index contributed by atoms with van der Waals surface area (Å²) >= 11 is 0. The van der Waals surface area contributed by atoms with Gasteiger partial charge in [0.25, 0.3) is 0 Å². The Labute approximate surface area is 105 Å². The van der Waals surface area contributed by atoms with Crippen LogP contribution in [0, 0.1) is 0 Å². The molecule has 5 nitrogen and oxygen atoms in total. The number of ether oxygens (including phenoxy) is 2. The predicted octanol–water partition coefficient (Wildman–Crippen LogP) is 1.45. The average molecular weight is 264 g/mol. The highest BCUT2D eigenvalue weighted by Gasteiger charge is 2.38. The molecule has 1 unspecified atom stereocenters. The second-order valence-electron chi connectivity index (χ2n) is 3.89. The van der Waals surface area contributed by atoms with Gasteiger partial charge in [-0.05, 0) is 20.3 Å². The molecule has 0 amide bonds. The first kappa shape index (κ1) is 15.1. The predicted molar refractivity (Wildman–Crippen MR) is 66.0 cm³/mol. The molecule has 1 aliphatic heterocycles. The van der Waals surface area contributed by atoms with Crippen molar-refractivity contribution in [2.24, 2.45) is 0 Å². The van der Waals surface area contributed by atoms with Crippen LogP contribution in [0.4, 0.5) is 0 Å². The van der Waals surface area contributed by atoms with Crippen molar-refractivity contribution in [1.82, 2.24) is 0 Å². The van der Waals surface area contributed by atoms with Crippen molar-refractivity contribution >= 4 is 8.80 Å². The van der Waals surface area contributed by atoms with Crippen molar-refractivity contribution in [2.75, 3.05) is 40.1 Å². The van der Waals surface area contributed by atoms with E-state index in [1.807, 2.05) is 13.8 Å². The van der Waals surface area contributed by atoms with Gasteiger partial charge in [0, 0.05) is 33.0 Å². The maximum Gasteiger partial charge on any atom is 0.500 e. The van der Waals surface area contributed by atoms with Gasteiger partial charge in [-0.15, -0.1) is 0 Å². The van der Waals surface area contributed by atoms with Crippen LogP contribution in [0.5, 0.6) is 0 Å². The molecule has 0 radical (unpaired) electrons. The Hall–Kier alpha value is 0.0169. The van der Waals surface area contributed by atoms with E-state index in [4.69, 9.17) is 22.8 Å². The van der Waals surface area contributed by atoms with Crippen molar-refractivity contribution in [3.8, 4) is 0 Å². The van der Waals surface area contributed by atoms with E-state index in [1.165, 1.54) is 0 Å². The van der Waals surface area contributed by atoms with E-state index >= 15 is 0 Å². The fourth-order valence-electron chi connectivity index (χ4n) is 1.62. The summed E-state index contributed by atoms with van der Waals surface area (Å²) in [6, 6.07) is 0.802. The van der Waals surface area contributed by atoms with Crippen molar-refractivity contribution in [1.29, 1.82) is 0 Å². The zero-order valence-corrected chi connectivity index (χ0v) is 12.1. The highest BCUT2D eigenvalue weighted by Crippen LogP contribution is 2.17. The summed E-state index contributed by atoms with van der Waals surface area (Å²) in [4.78, 5) is 0. The molecule has 1 aliphatic rings. The van der Waals surface area contributed by atoms with Crippen LogP contribution in [-0.2, 0) is 22.8 Å². The summed E-state index contributed by atoms with van der Waals surface area (Å²) in [6.45, 7) is 7.41. The standard InChI is InChI=1S/C11H24O5Si/c1-4-15-17(12-3,16-5-2)8-6-7-13-9-11-10-14-11/h11H,4-10H2,1-3H3. The first-order chi connectivity index (χ1) is 8.26. The molecular formula is C11H24O5Si. The van der Waals surface area contributed by atoms with Crippen LogP contribution in [0.2, 0.25) is 6.04 Å². The lowest BCUT2D eigenvalue weighted by Gasteiger charge is -2.27. The Morgan fingerprint density at radius 1 is 1.24 bits per heavy atom. The summed E-state index contributed by atoms with van der Waals surface area (Å²) in [5, 5.41) is 0. The maximum absolute atomic E-state index is 5.67. The molecule has 1 fully saturated rings. The van der Waals surface area contributed by atoms with E-state index in [9.17, 15) is 0 Å². The summed E-state index contributed by atoms with van der Waals surface area (Å²) in [5.74, 6) is 0. The van der Waals surface area contributed by atoms with Gasteiger partial charge in [-0.25, -0.2) is 0 Å². The van der Waals surface area contributed by atoms with Crippen LogP contribution in [0.3, 0.4) is 0 Å². The molecule has 0 aromatic heterocycles. The fourth-order valence-corrected chi connectivity index (χ4v) is 3.88. The summed E-state index contributed by atoms with van der Waals surface area (Å²) < 4.78 is 27.4. The lowest BCUT2D eigenvalue weighted by Crippen LogP contribution is -2.45. The number of rotatable bonds is 11. The van der Waals surface area contributed by atoms with Gasteiger partial charge in [0.15, 0.2) is 0 Å². The minimum atomic E-state index is -2.44. The summed E-state index contributed by atoms with van der Waals surface area (Å²) in [5.41, 5.74) is 0. The van der Waals surface area contributed by atoms with E-state index in [2.05, 4.69) is 0 Å². The number of hydrogen-bond donors (Lipinski definition) is 0. The van der Waals surface area contributed by atoms with Gasteiger partial charge in [0.1, 0.15) is 6.10 Å². The average Bonchev–Trinajstić information content (AvgIpc) is 3.13. The molecular weight excluding hydrogens is 240 g/mol. The molecule has 0 aromatic carbocycles. The van der Waals surface area contributed by atoms with Crippen molar-refractivity contribution in [2.45, 2.75) is 32.4 Å². The molecule has 1 saturated heterocycles. The van der Waals surface area contributed by atoms with Crippen molar-refractivity contribution < 1.29 is 22.8 Å². The highest BCUT2D eigenvalue weighted by atomic mass is 28.4. The molecule has 0 bridgehead atoms.